The summed E-state index contributed by atoms with van der Waals surface area (Å²) in [5, 5.41) is 40.7. The normalized spacial score (nSPS) is 36.5. The Bertz CT molecular complexity index is 330. The Balaban J connectivity index is 2.14. The lowest BCUT2D eigenvalue weighted by Gasteiger charge is -2.19. The maximum atomic E-state index is 9.82. The SMILES string of the molecule is OCC(O)[C@@H]1N[C@H](c2ccc[nH]2)[C@@H](O)[C@H]1O. The Morgan fingerprint density at radius 2 is 2.06 bits per heavy atom. The van der Waals surface area contributed by atoms with Gasteiger partial charge in [-0.2, -0.15) is 0 Å². The van der Waals surface area contributed by atoms with Gasteiger partial charge in [0.05, 0.1) is 30.9 Å². The van der Waals surface area contributed by atoms with Crippen LogP contribution in [0.4, 0.5) is 0 Å². The molecule has 0 bridgehead atoms. The number of hydrogen-bond donors (Lipinski definition) is 6. The van der Waals surface area contributed by atoms with Gasteiger partial charge in [-0.25, -0.2) is 0 Å². The monoisotopic (exact) mass is 228 g/mol. The third-order valence-electron chi connectivity index (χ3n) is 2.99. The maximum absolute atomic E-state index is 9.82. The molecule has 1 aromatic rings. The molecule has 16 heavy (non-hydrogen) atoms. The predicted octanol–water partition coefficient (Wildman–Crippen LogP) is -1.90. The molecule has 1 aromatic heterocycles. The Morgan fingerprint density at radius 3 is 2.62 bits per heavy atom. The van der Waals surface area contributed by atoms with Crippen LogP contribution in [-0.2, 0) is 0 Å². The molecule has 2 rings (SSSR count). The molecule has 0 saturated carbocycles. The molecule has 6 heteroatoms. The van der Waals surface area contributed by atoms with Gasteiger partial charge in [-0.1, -0.05) is 0 Å². The van der Waals surface area contributed by atoms with Crippen LogP contribution in [0.5, 0.6) is 0 Å². The standard InChI is InChI=1S/C10H16N2O4/c13-4-6(14)8-10(16)9(15)7(12-8)5-2-1-3-11-5/h1-3,6-16H,4H2/t6?,7-,8+,9-,10+/m1/s1. The fourth-order valence-electron chi connectivity index (χ4n) is 2.08. The first kappa shape index (κ1) is 11.6. The molecule has 1 aliphatic heterocycles. The van der Waals surface area contributed by atoms with Gasteiger partial charge in [-0.3, -0.25) is 5.32 Å². The van der Waals surface area contributed by atoms with Crippen molar-refractivity contribution in [2.45, 2.75) is 30.4 Å². The second kappa shape index (κ2) is 4.52. The minimum atomic E-state index is -1.10. The zero-order valence-electron chi connectivity index (χ0n) is 8.61. The van der Waals surface area contributed by atoms with Crippen LogP contribution in [0.25, 0.3) is 0 Å². The van der Waals surface area contributed by atoms with Crippen LogP contribution in [0.2, 0.25) is 0 Å². The van der Waals surface area contributed by atoms with Crippen LogP contribution in [0, 0.1) is 0 Å². The minimum Gasteiger partial charge on any atom is -0.394 e. The van der Waals surface area contributed by atoms with E-state index in [2.05, 4.69) is 10.3 Å². The zero-order valence-corrected chi connectivity index (χ0v) is 8.61. The second-order valence-electron chi connectivity index (χ2n) is 4.03. The summed E-state index contributed by atoms with van der Waals surface area (Å²) in [4.78, 5) is 2.93. The number of nitrogens with one attached hydrogen (secondary N) is 2. The smallest absolute Gasteiger partial charge is 0.102 e. The molecule has 0 spiro atoms. The van der Waals surface area contributed by atoms with E-state index in [-0.39, 0.29) is 0 Å². The third kappa shape index (κ3) is 1.85. The van der Waals surface area contributed by atoms with Crippen molar-refractivity contribution >= 4 is 0 Å². The predicted molar refractivity (Wildman–Crippen MR) is 55.6 cm³/mol. The summed E-state index contributed by atoms with van der Waals surface area (Å²) in [7, 11) is 0. The van der Waals surface area contributed by atoms with Crippen molar-refractivity contribution in [3.05, 3.63) is 24.0 Å². The summed E-state index contributed by atoms with van der Waals surface area (Å²) in [6, 6.07) is 2.37. The van der Waals surface area contributed by atoms with Crippen molar-refractivity contribution in [1.82, 2.24) is 10.3 Å². The maximum Gasteiger partial charge on any atom is 0.102 e. The molecule has 90 valence electrons. The number of hydrogen-bond acceptors (Lipinski definition) is 5. The van der Waals surface area contributed by atoms with Crippen LogP contribution in [0.15, 0.2) is 18.3 Å². The van der Waals surface area contributed by atoms with Crippen molar-refractivity contribution in [3.8, 4) is 0 Å². The van der Waals surface area contributed by atoms with E-state index in [0.29, 0.717) is 0 Å². The molecule has 0 aliphatic carbocycles. The number of rotatable bonds is 3. The molecule has 2 heterocycles. The average molecular weight is 228 g/mol. The third-order valence-corrected chi connectivity index (χ3v) is 2.99. The number of aromatic nitrogens is 1. The number of aliphatic hydroxyl groups is 4. The van der Waals surface area contributed by atoms with Crippen LogP contribution in [0.1, 0.15) is 11.7 Å². The molecule has 1 unspecified atom stereocenters. The first-order valence-corrected chi connectivity index (χ1v) is 5.19. The Kier molecular flexibility index (Phi) is 3.27. The topological polar surface area (TPSA) is 109 Å². The highest BCUT2D eigenvalue weighted by atomic mass is 16.3. The van der Waals surface area contributed by atoms with Crippen molar-refractivity contribution in [1.29, 1.82) is 0 Å². The summed E-state index contributed by atoms with van der Waals surface area (Å²) >= 11 is 0. The quantitative estimate of drug-likeness (QED) is 0.362. The van der Waals surface area contributed by atoms with E-state index in [1.807, 2.05) is 0 Å². The van der Waals surface area contributed by atoms with Gasteiger partial charge in [0.2, 0.25) is 0 Å². The fourth-order valence-corrected chi connectivity index (χ4v) is 2.08. The molecule has 6 nitrogen and oxygen atoms in total. The van der Waals surface area contributed by atoms with Crippen molar-refractivity contribution < 1.29 is 20.4 Å². The zero-order chi connectivity index (χ0) is 11.7. The van der Waals surface area contributed by atoms with Crippen molar-refractivity contribution in [3.63, 3.8) is 0 Å². The first-order chi connectivity index (χ1) is 7.65. The molecule has 1 fully saturated rings. The number of aromatic amines is 1. The molecule has 0 amide bonds. The van der Waals surface area contributed by atoms with Crippen LogP contribution in [0.3, 0.4) is 0 Å². The lowest BCUT2D eigenvalue weighted by atomic mass is 10.0. The summed E-state index contributed by atoms with van der Waals surface area (Å²) in [5.74, 6) is 0. The molecule has 1 saturated heterocycles. The lowest BCUT2D eigenvalue weighted by Crippen LogP contribution is -2.45. The Hall–Kier alpha value is -0.920. The Morgan fingerprint density at radius 1 is 1.31 bits per heavy atom. The lowest BCUT2D eigenvalue weighted by molar-refractivity contribution is -0.0131. The van der Waals surface area contributed by atoms with E-state index in [1.165, 1.54) is 0 Å². The van der Waals surface area contributed by atoms with E-state index in [4.69, 9.17) is 5.11 Å². The number of H-pyrrole nitrogens is 1. The minimum absolute atomic E-state index is 0.459. The van der Waals surface area contributed by atoms with E-state index in [0.717, 1.165) is 5.69 Å². The molecule has 1 aliphatic rings. The molecule has 5 atom stereocenters. The van der Waals surface area contributed by atoms with Crippen LogP contribution >= 0.6 is 0 Å². The van der Waals surface area contributed by atoms with E-state index in [9.17, 15) is 15.3 Å². The molecular formula is C10H16N2O4. The van der Waals surface area contributed by atoms with Gasteiger partial charge < -0.3 is 25.4 Å². The Labute approximate surface area is 92.6 Å². The average Bonchev–Trinajstić information content (AvgIpc) is 2.89. The van der Waals surface area contributed by atoms with Gasteiger partial charge in [-0.05, 0) is 12.1 Å². The van der Waals surface area contributed by atoms with Gasteiger partial charge in [0, 0.05) is 11.9 Å². The van der Waals surface area contributed by atoms with Crippen LogP contribution < -0.4 is 5.32 Å². The number of aliphatic hydroxyl groups excluding tert-OH is 4. The van der Waals surface area contributed by atoms with Gasteiger partial charge in [0.25, 0.3) is 0 Å². The molecule has 6 N–H and O–H groups in total. The van der Waals surface area contributed by atoms with Crippen molar-refractivity contribution in [2.75, 3.05) is 6.61 Å². The van der Waals surface area contributed by atoms with Gasteiger partial charge >= 0.3 is 0 Å². The second-order valence-corrected chi connectivity index (χ2v) is 4.03. The highest BCUT2D eigenvalue weighted by Crippen LogP contribution is 2.27. The van der Waals surface area contributed by atoms with E-state index in [1.54, 1.807) is 18.3 Å². The van der Waals surface area contributed by atoms with E-state index >= 15 is 0 Å². The van der Waals surface area contributed by atoms with Crippen molar-refractivity contribution in [2.24, 2.45) is 0 Å². The van der Waals surface area contributed by atoms with Crippen LogP contribution in [-0.4, -0.2) is 56.4 Å². The molecule has 0 aromatic carbocycles. The summed E-state index contributed by atoms with van der Waals surface area (Å²) in [6.45, 7) is -0.459. The summed E-state index contributed by atoms with van der Waals surface area (Å²) in [5.41, 5.74) is 0.735. The molecule has 0 radical (unpaired) electrons. The molecular weight excluding hydrogens is 212 g/mol. The van der Waals surface area contributed by atoms with Gasteiger partial charge in [-0.15, -0.1) is 0 Å². The van der Waals surface area contributed by atoms with E-state index < -0.39 is 37.0 Å². The highest BCUT2D eigenvalue weighted by Gasteiger charge is 2.44. The van der Waals surface area contributed by atoms with Gasteiger partial charge in [0.1, 0.15) is 6.10 Å². The first-order valence-electron chi connectivity index (χ1n) is 5.19. The summed E-state index contributed by atoms with van der Waals surface area (Å²) < 4.78 is 0. The highest BCUT2D eigenvalue weighted by molar-refractivity contribution is 5.16. The van der Waals surface area contributed by atoms with Gasteiger partial charge in [0.15, 0.2) is 0 Å². The summed E-state index contributed by atoms with van der Waals surface area (Å²) in [6.07, 6.45) is -1.49. The fraction of sp³-hybridized carbons (Fsp3) is 0.600. The largest absolute Gasteiger partial charge is 0.394 e.